The van der Waals surface area contributed by atoms with Gasteiger partial charge >= 0.3 is 0 Å². The zero-order chi connectivity index (χ0) is 14.8. The normalized spacial score (nSPS) is 10.8. The smallest absolute Gasteiger partial charge is 0.123 e. The van der Waals surface area contributed by atoms with E-state index in [9.17, 15) is 4.39 Å². The molecule has 2 aromatic carbocycles. The van der Waals surface area contributed by atoms with Crippen molar-refractivity contribution >= 4 is 21.7 Å². The van der Waals surface area contributed by atoms with Crippen LogP contribution in [0.2, 0.25) is 0 Å². The fourth-order valence-electron chi connectivity index (χ4n) is 2.13. The van der Waals surface area contributed by atoms with Crippen LogP contribution < -0.4 is 5.73 Å². The van der Waals surface area contributed by atoms with Gasteiger partial charge in [0.1, 0.15) is 11.6 Å². The molecule has 0 aliphatic carbocycles. The first kappa shape index (κ1) is 13.8. The predicted molar refractivity (Wildman–Crippen MR) is 85.3 cm³/mol. The van der Waals surface area contributed by atoms with Crippen molar-refractivity contribution in [2.45, 2.75) is 6.54 Å². The van der Waals surface area contributed by atoms with Gasteiger partial charge in [0.05, 0.1) is 12.2 Å². The molecule has 2 N–H and O–H groups in total. The van der Waals surface area contributed by atoms with Crippen molar-refractivity contribution < 1.29 is 4.39 Å². The maximum atomic E-state index is 13.0. The van der Waals surface area contributed by atoms with E-state index in [0.29, 0.717) is 12.4 Å². The molecule has 3 rings (SSSR count). The Hall–Kier alpha value is -2.14. The minimum atomic E-state index is -0.264. The Morgan fingerprint density at radius 2 is 1.86 bits per heavy atom. The minimum absolute atomic E-state index is 0.264. The highest BCUT2D eigenvalue weighted by Gasteiger charge is 2.08. The van der Waals surface area contributed by atoms with Crippen LogP contribution in [0, 0.1) is 5.82 Å². The van der Waals surface area contributed by atoms with Crippen LogP contribution in [0.25, 0.3) is 11.3 Å². The van der Waals surface area contributed by atoms with Crippen LogP contribution in [-0.2, 0) is 6.54 Å². The topological polar surface area (TPSA) is 43.8 Å². The van der Waals surface area contributed by atoms with E-state index < -0.39 is 0 Å². The molecule has 5 heteroatoms. The van der Waals surface area contributed by atoms with Gasteiger partial charge in [0.2, 0.25) is 0 Å². The largest absolute Gasteiger partial charge is 0.384 e. The van der Waals surface area contributed by atoms with E-state index in [1.165, 1.54) is 12.1 Å². The number of hydrogen-bond acceptors (Lipinski definition) is 2. The van der Waals surface area contributed by atoms with Gasteiger partial charge in [-0.05, 0) is 42.0 Å². The van der Waals surface area contributed by atoms with Crippen molar-refractivity contribution in [2.75, 3.05) is 5.73 Å². The molecular formula is C16H13BrFN3. The number of benzene rings is 2. The zero-order valence-corrected chi connectivity index (χ0v) is 12.7. The van der Waals surface area contributed by atoms with E-state index in [1.54, 1.807) is 22.9 Å². The van der Waals surface area contributed by atoms with Crippen LogP contribution in [-0.4, -0.2) is 9.78 Å². The Morgan fingerprint density at radius 1 is 1.10 bits per heavy atom. The van der Waals surface area contributed by atoms with Crippen LogP contribution in [0.15, 0.2) is 59.1 Å². The van der Waals surface area contributed by atoms with Crippen molar-refractivity contribution in [2.24, 2.45) is 0 Å². The van der Waals surface area contributed by atoms with Crippen LogP contribution in [0.5, 0.6) is 0 Å². The van der Waals surface area contributed by atoms with Gasteiger partial charge in [0, 0.05) is 16.1 Å². The number of halogens is 2. The van der Waals surface area contributed by atoms with E-state index in [4.69, 9.17) is 5.73 Å². The number of anilines is 1. The van der Waals surface area contributed by atoms with Crippen LogP contribution in [0.3, 0.4) is 0 Å². The summed E-state index contributed by atoms with van der Waals surface area (Å²) in [4.78, 5) is 0. The van der Waals surface area contributed by atoms with Gasteiger partial charge in [0.15, 0.2) is 0 Å². The maximum Gasteiger partial charge on any atom is 0.123 e. The lowest BCUT2D eigenvalue weighted by atomic mass is 10.1. The fraction of sp³-hybridized carbons (Fsp3) is 0.0625. The van der Waals surface area contributed by atoms with Gasteiger partial charge < -0.3 is 5.73 Å². The summed E-state index contributed by atoms with van der Waals surface area (Å²) in [6.07, 6.45) is 0. The summed E-state index contributed by atoms with van der Waals surface area (Å²) in [7, 11) is 0. The zero-order valence-electron chi connectivity index (χ0n) is 11.1. The van der Waals surface area contributed by atoms with Crippen LogP contribution >= 0.6 is 15.9 Å². The highest BCUT2D eigenvalue weighted by atomic mass is 79.9. The lowest BCUT2D eigenvalue weighted by Gasteiger charge is -2.04. The Labute approximate surface area is 130 Å². The summed E-state index contributed by atoms with van der Waals surface area (Å²) in [5.74, 6) is 0.314. The van der Waals surface area contributed by atoms with Gasteiger partial charge in [-0.2, -0.15) is 5.10 Å². The first-order valence-electron chi connectivity index (χ1n) is 6.45. The van der Waals surface area contributed by atoms with Gasteiger partial charge in [-0.1, -0.05) is 28.1 Å². The maximum absolute atomic E-state index is 13.0. The molecule has 0 bridgehead atoms. The summed E-state index contributed by atoms with van der Waals surface area (Å²) in [5, 5.41) is 4.49. The van der Waals surface area contributed by atoms with Crippen molar-refractivity contribution in [3.63, 3.8) is 0 Å². The van der Waals surface area contributed by atoms with E-state index in [-0.39, 0.29) is 5.82 Å². The minimum Gasteiger partial charge on any atom is -0.384 e. The van der Waals surface area contributed by atoms with Crippen molar-refractivity contribution in [1.82, 2.24) is 9.78 Å². The molecule has 3 nitrogen and oxygen atoms in total. The lowest BCUT2D eigenvalue weighted by molar-refractivity contribution is 0.628. The molecule has 1 heterocycles. The highest BCUT2D eigenvalue weighted by molar-refractivity contribution is 9.10. The number of rotatable bonds is 3. The third kappa shape index (κ3) is 3.13. The highest BCUT2D eigenvalue weighted by Crippen LogP contribution is 2.22. The second-order valence-corrected chi connectivity index (χ2v) is 5.66. The standard InChI is InChI=1S/C16H13BrFN3/c17-13-3-1-2-11(8-13)10-21-16(19)9-15(20-21)12-4-6-14(18)7-5-12/h1-9H,10,19H2. The molecule has 0 aliphatic rings. The van der Waals surface area contributed by atoms with E-state index in [1.807, 2.05) is 24.3 Å². The summed E-state index contributed by atoms with van der Waals surface area (Å²) < 4.78 is 15.7. The molecule has 0 unspecified atom stereocenters. The Kier molecular flexibility index (Phi) is 3.75. The van der Waals surface area contributed by atoms with Crippen LogP contribution in [0.1, 0.15) is 5.56 Å². The summed E-state index contributed by atoms with van der Waals surface area (Å²) >= 11 is 3.45. The van der Waals surface area contributed by atoms with Crippen molar-refractivity contribution in [3.05, 3.63) is 70.5 Å². The van der Waals surface area contributed by atoms with Gasteiger partial charge in [-0.3, -0.25) is 0 Å². The predicted octanol–water partition coefficient (Wildman–Crippen LogP) is 4.08. The number of hydrogen-bond donors (Lipinski definition) is 1. The second-order valence-electron chi connectivity index (χ2n) is 4.75. The van der Waals surface area contributed by atoms with E-state index >= 15 is 0 Å². The van der Waals surface area contributed by atoms with E-state index in [2.05, 4.69) is 21.0 Å². The molecule has 1 aromatic heterocycles. The fourth-order valence-corrected chi connectivity index (χ4v) is 2.57. The molecule has 0 saturated carbocycles. The summed E-state index contributed by atoms with van der Waals surface area (Å²) in [6, 6.07) is 16.0. The molecule has 0 fully saturated rings. The lowest BCUT2D eigenvalue weighted by Crippen LogP contribution is -2.05. The van der Waals surface area contributed by atoms with Gasteiger partial charge in [-0.15, -0.1) is 0 Å². The first-order chi connectivity index (χ1) is 10.1. The SMILES string of the molecule is Nc1cc(-c2ccc(F)cc2)nn1Cc1cccc(Br)c1. The summed E-state index contributed by atoms with van der Waals surface area (Å²) in [6.45, 7) is 0.590. The molecule has 3 aromatic rings. The number of nitrogens with two attached hydrogens (primary N) is 1. The van der Waals surface area contributed by atoms with Crippen molar-refractivity contribution in [1.29, 1.82) is 0 Å². The third-order valence-corrected chi connectivity index (χ3v) is 3.67. The number of nitrogens with zero attached hydrogens (tertiary/aromatic N) is 2. The number of aromatic nitrogens is 2. The molecule has 0 spiro atoms. The first-order valence-corrected chi connectivity index (χ1v) is 7.25. The molecule has 0 aliphatic heterocycles. The number of nitrogen functional groups attached to an aromatic ring is 1. The quantitative estimate of drug-likeness (QED) is 0.777. The monoisotopic (exact) mass is 345 g/mol. The Morgan fingerprint density at radius 3 is 2.57 bits per heavy atom. The van der Waals surface area contributed by atoms with E-state index in [0.717, 1.165) is 21.3 Å². The van der Waals surface area contributed by atoms with Gasteiger partial charge in [0.25, 0.3) is 0 Å². The summed E-state index contributed by atoms with van der Waals surface area (Å²) in [5.41, 5.74) is 8.69. The van der Waals surface area contributed by atoms with Crippen molar-refractivity contribution in [3.8, 4) is 11.3 Å². The molecule has 106 valence electrons. The molecular weight excluding hydrogens is 333 g/mol. The molecule has 0 radical (unpaired) electrons. The molecule has 0 saturated heterocycles. The molecule has 0 atom stereocenters. The van der Waals surface area contributed by atoms with Crippen LogP contribution in [0.4, 0.5) is 10.2 Å². The Balaban J connectivity index is 1.89. The third-order valence-electron chi connectivity index (χ3n) is 3.17. The Bertz CT molecular complexity index is 765. The average Bonchev–Trinajstić information content (AvgIpc) is 2.81. The average molecular weight is 346 g/mol. The molecule has 21 heavy (non-hydrogen) atoms. The van der Waals surface area contributed by atoms with Gasteiger partial charge in [-0.25, -0.2) is 9.07 Å². The second kappa shape index (κ2) is 5.69. The molecule has 0 amide bonds.